The zero-order valence-corrected chi connectivity index (χ0v) is 8.02. The van der Waals surface area contributed by atoms with Crippen LogP contribution in [0.5, 0.6) is 0 Å². The molecule has 0 radical (unpaired) electrons. The van der Waals surface area contributed by atoms with E-state index < -0.39 is 0 Å². The molecule has 0 spiro atoms. The topological polar surface area (TPSA) is 38.3 Å². The fourth-order valence-corrected chi connectivity index (χ4v) is 0.779. The number of hydrogen-bond acceptors (Lipinski definition) is 2. The maximum atomic E-state index is 11.1. The molecule has 0 aromatic heterocycles. The van der Waals surface area contributed by atoms with Crippen molar-refractivity contribution in [2.75, 3.05) is 6.61 Å². The van der Waals surface area contributed by atoms with Crippen LogP contribution in [0.4, 0.5) is 0 Å². The molecule has 3 nitrogen and oxygen atoms in total. The van der Waals surface area contributed by atoms with Crippen molar-refractivity contribution in [3.05, 3.63) is 0 Å². The van der Waals surface area contributed by atoms with Crippen LogP contribution in [0.15, 0.2) is 0 Å². The fourth-order valence-electron chi connectivity index (χ4n) is 0.779. The number of hydrogen-bond donors (Lipinski definition) is 1. The quantitative estimate of drug-likeness (QED) is 0.690. The molecule has 1 rings (SSSR count). The fraction of sp³-hybridized carbons (Fsp3) is 0.889. The smallest absolute Gasteiger partial charge is 0.246 e. The maximum Gasteiger partial charge on any atom is 0.246 e. The molecule has 1 amide bonds. The van der Waals surface area contributed by atoms with E-state index in [1.165, 1.54) is 0 Å². The molecule has 1 fully saturated rings. The third-order valence-corrected chi connectivity index (χ3v) is 1.58. The Labute approximate surface area is 73.5 Å². The Bertz CT molecular complexity index is 168. The summed E-state index contributed by atoms with van der Waals surface area (Å²) in [5.74, 6) is 0.00688. The van der Waals surface area contributed by atoms with Crippen molar-refractivity contribution in [3.63, 3.8) is 0 Å². The Kier molecular flexibility index (Phi) is 2.73. The SMILES string of the molecule is CC(C)(C)OCC(=O)NC1CC1. The van der Waals surface area contributed by atoms with Crippen LogP contribution in [-0.4, -0.2) is 24.2 Å². The molecule has 0 aromatic carbocycles. The molecule has 0 atom stereocenters. The van der Waals surface area contributed by atoms with Crippen LogP contribution in [0.3, 0.4) is 0 Å². The van der Waals surface area contributed by atoms with Crippen molar-refractivity contribution >= 4 is 5.91 Å². The third-order valence-electron chi connectivity index (χ3n) is 1.58. The lowest BCUT2D eigenvalue weighted by atomic mass is 10.2. The summed E-state index contributed by atoms with van der Waals surface area (Å²) in [5.41, 5.74) is -0.221. The maximum absolute atomic E-state index is 11.1. The molecule has 0 aromatic rings. The van der Waals surface area contributed by atoms with Crippen molar-refractivity contribution in [2.24, 2.45) is 0 Å². The van der Waals surface area contributed by atoms with Gasteiger partial charge in [-0.15, -0.1) is 0 Å². The van der Waals surface area contributed by atoms with Crippen LogP contribution in [-0.2, 0) is 9.53 Å². The molecule has 0 bridgehead atoms. The molecular weight excluding hydrogens is 154 g/mol. The van der Waals surface area contributed by atoms with Gasteiger partial charge in [0, 0.05) is 6.04 Å². The van der Waals surface area contributed by atoms with Crippen molar-refractivity contribution < 1.29 is 9.53 Å². The van der Waals surface area contributed by atoms with Crippen LogP contribution in [0.1, 0.15) is 33.6 Å². The molecule has 12 heavy (non-hydrogen) atoms. The molecule has 1 aliphatic rings. The first-order chi connectivity index (χ1) is 5.47. The molecule has 0 heterocycles. The van der Waals surface area contributed by atoms with Crippen LogP contribution in [0, 0.1) is 0 Å². The van der Waals surface area contributed by atoms with E-state index in [4.69, 9.17) is 4.74 Å². The van der Waals surface area contributed by atoms with E-state index in [1.54, 1.807) is 0 Å². The normalized spacial score (nSPS) is 17.6. The standard InChI is InChI=1S/C9H17NO2/c1-9(2,3)12-6-8(11)10-7-4-5-7/h7H,4-6H2,1-3H3,(H,10,11). The number of nitrogens with one attached hydrogen (secondary N) is 1. The van der Waals surface area contributed by atoms with Gasteiger partial charge in [0.1, 0.15) is 6.61 Å². The highest BCUT2D eigenvalue weighted by Crippen LogP contribution is 2.18. The number of amides is 1. The van der Waals surface area contributed by atoms with Crippen LogP contribution in [0.25, 0.3) is 0 Å². The zero-order chi connectivity index (χ0) is 9.19. The third kappa shape index (κ3) is 4.34. The lowest BCUT2D eigenvalue weighted by Gasteiger charge is -2.18. The number of carbonyl (C=O) groups excluding carboxylic acids is 1. The molecule has 3 heteroatoms. The first kappa shape index (κ1) is 9.52. The van der Waals surface area contributed by atoms with Crippen LogP contribution >= 0.6 is 0 Å². The number of carbonyl (C=O) groups is 1. The second-order valence-electron chi connectivity index (χ2n) is 4.24. The molecule has 0 aliphatic heterocycles. The van der Waals surface area contributed by atoms with Gasteiger partial charge in [0.05, 0.1) is 5.60 Å². The van der Waals surface area contributed by atoms with Gasteiger partial charge in [-0.3, -0.25) is 4.79 Å². The van der Waals surface area contributed by atoms with Gasteiger partial charge in [0.25, 0.3) is 0 Å². The summed E-state index contributed by atoms with van der Waals surface area (Å²) in [6.45, 7) is 6.01. The molecule has 0 unspecified atom stereocenters. The van der Waals surface area contributed by atoms with E-state index in [-0.39, 0.29) is 18.1 Å². The van der Waals surface area contributed by atoms with E-state index in [1.807, 2.05) is 20.8 Å². The highest BCUT2D eigenvalue weighted by Gasteiger charge is 2.23. The van der Waals surface area contributed by atoms with Gasteiger partial charge in [-0.25, -0.2) is 0 Å². The van der Waals surface area contributed by atoms with Crippen molar-refractivity contribution in [1.82, 2.24) is 5.32 Å². The second kappa shape index (κ2) is 3.44. The summed E-state index contributed by atoms with van der Waals surface area (Å²) in [6, 6.07) is 0.432. The molecule has 1 N–H and O–H groups in total. The summed E-state index contributed by atoms with van der Waals surface area (Å²) >= 11 is 0. The molecular formula is C9H17NO2. The molecule has 1 aliphatic carbocycles. The minimum absolute atomic E-state index is 0.00688. The summed E-state index contributed by atoms with van der Waals surface area (Å²) in [4.78, 5) is 11.1. The van der Waals surface area contributed by atoms with E-state index in [9.17, 15) is 4.79 Å². The zero-order valence-electron chi connectivity index (χ0n) is 8.02. The van der Waals surface area contributed by atoms with E-state index in [2.05, 4.69) is 5.32 Å². The first-order valence-corrected chi connectivity index (χ1v) is 4.41. The van der Waals surface area contributed by atoms with Gasteiger partial charge in [0.15, 0.2) is 0 Å². The van der Waals surface area contributed by atoms with Crippen molar-refractivity contribution in [1.29, 1.82) is 0 Å². The van der Waals surface area contributed by atoms with Crippen LogP contribution in [0.2, 0.25) is 0 Å². The molecule has 1 saturated carbocycles. The van der Waals surface area contributed by atoms with Crippen molar-refractivity contribution in [2.45, 2.75) is 45.3 Å². The van der Waals surface area contributed by atoms with Gasteiger partial charge in [0.2, 0.25) is 5.91 Å². The minimum Gasteiger partial charge on any atom is -0.366 e. The van der Waals surface area contributed by atoms with E-state index in [0.29, 0.717) is 6.04 Å². The van der Waals surface area contributed by atoms with Crippen LogP contribution < -0.4 is 5.32 Å². The average molecular weight is 171 g/mol. The Morgan fingerprint density at radius 2 is 2.08 bits per heavy atom. The predicted molar refractivity (Wildman–Crippen MR) is 46.9 cm³/mol. The summed E-state index contributed by atoms with van der Waals surface area (Å²) in [5, 5.41) is 2.86. The summed E-state index contributed by atoms with van der Waals surface area (Å²) < 4.78 is 5.31. The van der Waals surface area contributed by atoms with E-state index >= 15 is 0 Å². The van der Waals surface area contributed by atoms with Gasteiger partial charge in [-0.2, -0.15) is 0 Å². The predicted octanol–water partition coefficient (Wildman–Crippen LogP) is 1.08. The Morgan fingerprint density at radius 3 is 2.50 bits per heavy atom. The monoisotopic (exact) mass is 171 g/mol. The largest absolute Gasteiger partial charge is 0.366 e. The Hall–Kier alpha value is -0.570. The molecule has 0 saturated heterocycles. The highest BCUT2D eigenvalue weighted by atomic mass is 16.5. The van der Waals surface area contributed by atoms with Gasteiger partial charge >= 0.3 is 0 Å². The average Bonchev–Trinajstić information content (AvgIpc) is 2.66. The number of ether oxygens (including phenoxy) is 1. The Balaban J connectivity index is 2.09. The van der Waals surface area contributed by atoms with Crippen molar-refractivity contribution in [3.8, 4) is 0 Å². The lowest BCUT2D eigenvalue weighted by Crippen LogP contribution is -2.33. The minimum atomic E-state index is -0.221. The molecule has 70 valence electrons. The first-order valence-electron chi connectivity index (χ1n) is 4.41. The number of rotatable bonds is 3. The Morgan fingerprint density at radius 1 is 1.50 bits per heavy atom. The lowest BCUT2D eigenvalue weighted by molar-refractivity contribution is -0.130. The second-order valence-corrected chi connectivity index (χ2v) is 4.24. The summed E-state index contributed by atoms with van der Waals surface area (Å²) in [6.07, 6.45) is 2.25. The van der Waals surface area contributed by atoms with Gasteiger partial charge in [-0.1, -0.05) is 0 Å². The highest BCUT2D eigenvalue weighted by molar-refractivity contribution is 5.77. The van der Waals surface area contributed by atoms with Gasteiger partial charge in [-0.05, 0) is 33.6 Å². The summed E-state index contributed by atoms with van der Waals surface area (Å²) in [7, 11) is 0. The van der Waals surface area contributed by atoms with E-state index in [0.717, 1.165) is 12.8 Å². The van der Waals surface area contributed by atoms with Gasteiger partial charge < -0.3 is 10.1 Å².